The summed E-state index contributed by atoms with van der Waals surface area (Å²) in [5, 5.41) is 5.85. The second-order valence-corrected chi connectivity index (χ2v) is 3.42. The van der Waals surface area contributed by atoms with Crippen molar-refractivity contribution in [2.24, 2.45) is 0 Å². The van der Waals surface area contributed by atoms with Crippen LogP contribution < -0.4 is 10.6 Å². The van der Waals surface area contributed by atoms with E-state index in [2.05, 4.69) is 10.6 Å². The standard InChI is InChI=1S/C12H18N2O2/c1-16-9-5-8-13-12(15)10-14-11-6-3-2-4-7-11/h2-4,6-7,14H,5,8-10H2,1H3,(H,13,15). The summed E-state index contributed by atoms with van der Waals surface area (Å²) in [6.07, 6.45) is 0.841. The lowest BCUT2D eigenvalue weighted by Crippen LogP contribution is -2.31. The second kappa shape index (κ2) is 7.70. The highest BCUT2D eigenvalue weighted by Crippen LogP contribution is 2.03. The number of carbonyl (C=O) groups is 1. The summed E-state index contributed by atoms with van der Waals surface area (Å²) in [5.74, 6) is -0.0000406. The Hall–Kier alpha value is -1.55. The van der Waals surface area contributed by atoms with Crippen molar-refractivity contribution < 1.29 is 9.53 Å². The second-order valence-electron chi connectivity index (χ2n) is 3.42. The Morgan fingerprint density at radius 3 is 2.75 bits per heavy atom. The molecule has 0 atom stereocenters. The van der Waals surface area contributed by atoms with Gasteiger partial charge in [0.05, 0.1) is 6.54 Å². The number of benzene rings is 1. The van der Waals surface area contributed by atoms with Gasteiger partial charge in [-0.1, -0.05) is 18.2 Å². The first-order valence-corrected chi connectivity index (χ1v) is 5.37. The van der Waals surface area contributed by atoms with Crippen molar-refractivity contribution in [3.8, 4) is 0 Å². The maximum Gasteiger partial charge on any atom is 0.239 e. The van der Waals surface area contributed by atoms with Crippen molar-refractivity contribution in [2.75, 3.05) is 32.1 Å². The van der Waals surface area contributed by atoms with Gasteiger partial charge in [-0.05, 0) is 18.6 Å². The van der Waals surface area contributed by atoms with Crippen LogP contribution in [-0.4, -0.2) is 32.7 Å². The van der Waals surface area contributed by atoms with Crippen LogP contribution in [0.25, 0.3) is 0 Å². The summed E-state index contributed by atoms with van der Waals surface area (Å²) in [4.78, 5) is 11.4. The van der Waals surface area contributed by atoms with Crippen molar-refractivity contribution in [1.82, 2.24) is 5.32 Å². The fourth-order valence-electron chi connectivity index (χ4n) is 1.25. The Balaban J connectivity index is 2.11. The molecule has 4 heteroatoms. The molecule has 0 spiro atoms. The normalized spacial score (nSPS) is 9.81. The van der Waals surface area contributed by atoms with E-state index in [-0.39, 0.29) is 5.91 Å². The van der Waals surface area contributed by atoms with Gasteiger partial charge in [0.1, 0.15) is 0 Å². The van der Waals surface area contributed by atoms with Crippen LogP contribution in [0.3, 0.4) is 0 Å². The molecule has 0 fully saturated rings. The number of amides is 1. The van der Waals surface area contributed by atoms with Crippen molar-refractivity contribution in [1.29, 1.82) is 0 Å². The summed E-state index contributed by atoms with van der Waals surface area (Å²) in [5.41, 5.74) is 0.953. The largest absolute Gasteiger partial charge is 0.385 e. The van der Waals surface area contributed by atoms with Gasteiger partial charge in [0.2, 0.25) is 5.91 Å². The molecule has 0 aliphatic rings. The van der Waals surface area contributed by atoms with E-state index in [1.54, 1.807) is 7.11 Å². The molecule has 1 aromatic rings. The number of nitrogens with one attached hydrogen (secondary N) is 2. The van der Waals surface area contributed by atoms with Gasteiger partial charge in [0.15, 0.2) is 0 Å². The molecule has 0 bridgehead atoms. The zero-order valence-electron chi connectivity index (χ0n) is 9.53. The summed E-state index contributed by atoms with van der Waals surface area (Å²) < 4.78 is 4.89. The van der Waals surface area contributed by atoms with Gasteiger partial charge in [0, 0.05) is 25.9 Å². The van der Waals surface area contributed by atoms with E-state index in [9.17, 15) is 4.79 Å². The monoisotopic (exact) mass is 222 g/mol. The van der Waals surface area contributed by atoms with E-state index in [0.717, 1.165) is 12.1 Å². The van der Waals surface area contributed by atoms with Crippen LogP contribution in [-0.2, 0) is 9.53 Å². The molecule has 2 N–H and O–H groups in total. The molecule has 0 aromatic heterocycles. The third kappa shape index (κ3) is 5.36. The molecule has 0 saturated heterocycles. The Morgan fingerprint density at radius 1 is 1.31 bits per heavy atom. The van der Waals surface area contributed by atoms with E-state index in [1.165, 1.54) is 0 Å². The third-order valence-electron chi connectivity index (χ3n) is 2.07. The lowest BCUT2D eigenvalue weighted by molar-refractivity contribution is -0.119. The van der Waals surface area contributed by atoms with Crippen LogP contribution in [0.4, 0.5) is 5.69 Å². The van der Waals surface area contributed by atoms with E-state index >= 15 is 0 Å². The topological polar surface area (TPSA) is 50.4 Å². The third-order valence-corrected chi connectivity index (χ3v) is 2.07. The van der Waals surface area contributed by atoms with Gasteiger partial charge in [-0.15, -0.1) is 0 Å². The van der Waals surface area contributed by atoms with E-state index < -0.39 is 0 Å². The van der Waals surface area contributed by atoms with Crippen LogP contribution in [0, 0.1) is 0 Å². The summed E-state index contributed by atoms with van der Waals surface area (Å²) in [6.45, 7) is 1.63. The molecule has 4 nitrogen and oxygen atoms in total. The minimum atomic E-state index is -0.0000406. The van der Waals surface area contributed by atoms with Crippen LogP contribution in [0.2, 0.25) is 0 Å². The van der Waals surface area contributed by atoms with Gasteiger partial charge in [-0.25, -0.2) is 0 Å². The maximum absolute atomic E-state index is 11.4. The molecule has 0 radical (unpaired) electrons. The van der Waals surface area contributed by atoms with Crippen molar-refractivity contribution >= 4 is 11.6 Å². The first kappa shape index (κ1) is 12.5. The first-order chi connectivity index (χ1) is 7.83. The zero-order chi connectivity index (χ0) is 11.6. The smallest absolute Gasteiger partial charge is 0.239 e. The Morgan fingerprint density at radius 2 is 2.06 bits per heavy atom. The molecule has 0 saturated carbocycles. The summed E-state index contributed by atoms with van der Waals surface area (Å²) in [7, 11) is 1.65. The number of carbonyl (C=O) groups excluding carboxylic acids is 1. The van der Waals surface area contributed by atoms with Crippen LogP contribution in [0.5, 0.6) is 0 Å². The molecular formula is C12H18N2O2. The lowest BCUT2D eigenvalue weighted by atomic mass is 10.3. The predicted octanol–water partition coefficient (Wildman–Crippen LogP) is 1.25. The predicted molar refractivity (Wildman–Crippen MR) is 64.4 cm³/mol. The Labute approximate surface area is 96.0 Å². The highest BCUT2D eigenvalue weighted by Gasteiger charge is 1.99. The van der Waals surface area contributed by atoms with Crippen molar-refractivity contribution in [2.45, 2.75) is 6.42 Å². The molecule has 1 amide bonds. The molecule has 0 aliphatic carbocycles. The average molecular weight is 222 g/mol. The van der Waals surface area contributed by atoms with Gasteiger partial charge in [-0.2, -0.15) is 0 Å². The minimum absolute atomic E-state index is 0.0000406. The number of hydrogen-bond acceptors (Lipinski definition) is 3. The van der Waals surface area contributed by atoms with Gasteiger partial charge in [0.25, 0.3) is 0 Å². The number of rotatable bonds is 7. The van der Waals surface area contributed by atoms with Crippen molar-refractivity contribution in [3.63, 3.8) is 0 Å². The number of hydrogen-bond donors (Lipinski definition) is 2. The van der Waals surface area contributed by atoms with Gasteiger partial charge >= 0.3 is 0 Å². The summed E-state index contributed by atoms with van der Waals surface area (Å²) in [6, 6.07) is 9.66. The highest BCUT2D eigenvalue weighted by molar-refractivity contribution is 5.80. The fourth-order valence-corrected chi connectivity index (χ4v) is 1.25. The highest BCUT2D eigenvalue weighted by atomic mass is 16.5. The lowest BCUT2D eigenvalue weighted by Gasteiger charge is -2.07. The first-order valence-electron chi connectivity index (χ1n) is 5.37. The molecule has 88 valence electrons. The molecular weight excluding hydrogens is 204 g/mol. The van der Waals surface area contributed by atoms with Gasteiger partial charge < -0.3 is 15.4 Å². The molecule has 0 heterocycles. The van der Waals surface area contributed by atoms with Crippen molar-refractivity contribution in [3.05, 3.63) is 30.3 Å². The van der Waals surface area contributed by atoms with E-state index in [0.29, 0.717) is 19.7 Å². The molecule has 1 rings (SSSR count). The van der Waals surface area contributed by atoms with Gasteiger partial charge in [-0.3, -0.25) is 4.79 Å². The Bertz CT molecular complexity index is 301. The SMILES string of the molecule is COCCCNC(=O)CNc1ccccc1. The number of ether oxygens (including phenoxy) is 1. The fraction of sp³-hybridized carbons (Fsp3) is 0.417. The quantitative estimate of drug-likeness (QED) is 0.683. The van der Waals surface area contributed by atoms with E-state index in [4.69, 9.17) is 4.74 Å². The molecule has 0 aliphatic heterocycles. The zero-order valence-corrected chi connectivity index (χ0v) is 9.53. The van der Waals surface area contributed by atoms with Crippen LogP contribution >= 0.6 is 0 Å². The average Bonchev–Trinajstić information content (AvgIpc) is 2.33. The maximum atomic E-state index is 11.4. The number of anilines is 1. The number of para-hydroxylation sites is 1. The minimum Gasteiger partial charge on any atom is -0.385 e. The number of methoxy groups -OCH3 is 1. The Kier molecular flexibility index (Phi) is 6.03. The molecule has 0 unspecified atom stereocenters. The summed E-state index contributed by atoms with van der Waals surface area (Å²) >= 11 is 0. The van der Waals surface area contributed by atoms with Crippen LogP contribution in [0.15, 0.2) is 30.3 Å². The molecule has 1 aromatic carbocycles. The van der Waals surface area contributed by atoms with E-state index in [1.807, 2.05) is 30.3 Å². The van der Waals surface area contributed by atoms with Crippen LogP contribution in [0.1, 0.15) is 6.42 Å². The molecule has 16 heavy (non-hydrogen) atoms.